The zero-order chi connectivity index (χ0) is 19.7. The normalized spacial score (nSPS) is 17.0. The summed E-state index contributed by atoms with van der Waals surface area (Å²) in [5.41, 5.74) is 0.0657. The van der Waals surface area contributed by atoms with Crippen molar-refractivity contribution in [2.45, 2.75) is 18.8 Å². The highest BCUT2D eigenvalue weighted by Gasteiger charge is 2.27. The molecule has 0 spiro atoms. The van der Waals surface area contributed by atoms with Gasteiger partial charge in [-0.15, -0.1) is 0 Å². The number of hydrogen-bond donors (Lipinski definition) is 1. The SMILES string of the molecule is Cn1c(C(=O)N2CCC[C@@H](c3cccc(C(=O)O)c3)C2)cc(=O)n(C)c1=O. The third kappa shape index (κ3) is 3.55. The fourth-order valence-corrected chi connectivity index (χ4v) is 3.46. The molecule has 142 valence electrons. The molecule has 1 fully saturated rings. The molecular weight excluding hydrogens is 350 g/mol. The molecule has 0 bridgehead atoms. The molecule has 0 unspecified atom stereocenters. The van der Waals surface area contributed by atoms with Crippen LogP contribution in [-0.2, 0) is 14.1 Å². The summed E-state index contributed by atoms with van der Waals surface area (Å²) in [6.45, 7) is 0.933. The van der Waals surface area contributed by atoms with Gasteiger partial charge in [0, 0.05) is 39.2 Å². The van der Waals surface area contributed by atoms with Crippen LogP contribution in [0.5, 0.6) is 0 Å². The summed E-state index contributed by atoms with van der Waals surface area (Å²) < 4.78 is 2.13. The average molecular weight is 371 g/mol. The second-order valence-corrected chi connectivity index (χ2v) is 6.79. The summed E-state index contributed by atoms with van der Waals surface area (Å²) in [6, 6.07) is 7.91. The molecule has 1 aliphatic rings. The van der Waals surface area contributed by atoms with E-state index in [0.29, 0.717) is 13.1 Å². The van der Waals surface area contributed by atoms with E-state index in [2.05, 4.69) is 0 Å². The van der Waals surface area contributed by atoms with E-state index >= 15 is 0 Å². The van der Waals surface area contributed by atoms with Crippen LogP contribution in [0.3, 0.4) is 0 Å². The molecule has 0 saturated carbocycles. The zero-order valence-electron chi connectivity index (χ0n) is 15.2. The van der Waals surface area contributed by atoms with Crippen molar-refractivity contribution in [1.29, 1.82) is 0 Å². The van der Waals surface area contributed by atoms with Crippen LogP contribution < -0.4 is 11.2 Å². The quantitative estimate of drug-likeness (QED) is 0.860. The van der Waals surface area contributed by atoms with Crippen molar-refractivity contribution < 1.29 is 14.7 Å². The van der Waals surface area contributed by atoms with Crippen LogP contribution in [0, 0.1) is 0 Å². The monoisotopic (exact) mass is 371 g/mol. The molecule has 1 aliphatic heterocycles. The van der Waals surface area contributed by atoms with Crippen LogP contribution in [0.1, 0.15) is 45.2 Å². The van der Waals surface area contributed by atoms with Gasteiger partial charge >= 0.3 is 11.7 Å². The van der Waals surface area contributed by atoms with E-state index in [1.165, 1.54) is 30.8 Å². The van der Waals surface area contributed by atoms with E-state index in [-0.39, 0.29) is 23.1 Å². The lowest BCUT2D eigenvalue weighted by Gasteiger charge is -2.33. The first-order chi connectivity index (χ1) is 12.8. The maximum atomic E-state index is 12.9. The molecule has 1 atom stereocenters. The number of carboxylic acid groups (broad SMARTS) is 1. The predicted octanol–water partition coefficient (Wildman–Crippen LogP) is 0.802. The number of carbonyl (C=O) groups excluding carboxylic acids is 1. The Balaban J connectivity index is 1.88. The molecule has 1 saturated heterocycles. The molecule has 2 aromatic rings. The predicted molar refractivity (Wildman–Crippen MR) is 98.2 cm³/mol. The van der Waals surface area contributed by atoms with E-state index in [9.17, 15) is 24.3 Å². The Morgan fingerprint density at radius 3 is 2.56 bits per heavy atom. The van der Waals surface area contributed by atoms with E-state index in [0.717, 1.165) is 23.0 Å². The van der Waals surface area contributed by atoms with Crippen LogP contribution in [0.15, 0.2) is 39.9 Å². The second-order valence-electron chi connectivity index (χ2n) is 6.79. The van der Waals surface area contributed by atoms with Gasteiger partial charge in [-0.3, -0.25) is 18.7 Å². The molecule has 8 heteroatoms. The highest BCUT2D eigenvalue weighted by atomic mass is 16.4. The van der Waals surface area contributed by atoms with Gasteiger partial charge in [-0.05, 0) is 30.5 Å². The maximum absolute atomic E-state index is 12.9. The highest BCUT2D eigenvalue weighted by Crippen LogP contribution is 2.28. The molecule has 1 aromatic carbocycles. The van der Waals surface area contributed by atoms with E-state index in [4.69, 9.17) is 0 Å². The molecule has 0 radical (unpaired) electrons. The van der Waals surface area contributed by atoms with E-state index in [1.54, 1.807) is 17.0 Å². The van der Waals surface area contributed by atoms with Gasteiger partial charge in [0.05, 0.1) is 5.56 Å². The minimum Gasteiger partial charge on any atom is -0.478 e. The Morgan fingerprint density at radius 2 is 1.85 bits per heavy atom. The van der Waals surface area contributed by atoms with Crippen molar-refractivity contribution in [3.8, 4) is 0 Å². The van der Waals surface area contributed by atoms with Crippen molar-refractivity contribution in [2.75, 3.05) is 13.1 Å². The van der Waals surface area contributed by atoms with Crippen molar-refractivity contribution in [3.05, 3.63) is 68.0 Å². The first-order valence-electron chi connectivity index (χ1n) is 8.69. The van der Waals surface area contributed by atoms with Gasteiger partial charge in [0.25, 0.3) is 11.5 Å². The highest BCUT2D eigenvalue weighted by molar-refractivity contribution is 5.92. The lowest BCUT2D eigenvalue weighted by Crippen LogP contribution is -2.44. The molecule has 3 rings (SSSR count). The fraction of sp³-hybridized carbons (Fsp3) is 0.368. The first kappa shape index (κ1) is 18.6. The van der Waals surface area contributed by atoms with Crippen LogP contribution in [0.2, 0.25) is 0 Å². The van der Waals surface area contributed by atoms with Gasteiger partial charge in [0.1, 0.15) is 5.69 Å². The number of hydrogen-bond acceptors (Lipinski definition) is 4. The molecule has 8 nitrogen and oxygen atoms in total. The van der Waals surface area contributed by atoms with Crippen molar-refractivity contribution in [1.82, 2.24) is 14.0 Å². The van der Waals surface area contributed by atoms with Gasteiger partial charge in [-0.1, -0.05) is 12.1 Å². The smallest absolute Gasteiger partial charge is 0.335 e. The van der Waals surface area contributed by atoms with Gasteiger partial charge in [0.15, 0.2) is 0 Å². The number of likely N-dealkylation sites (tertiary alicyclic amines) is 1. The van der Waals surface area contributed by atoms with Crippen molar-refractivity contribution in [2.24, 2.45) is 14.1 Å². The summed E-state index contributed by atoms with van der Waals surface area (Å²) >= 11 is 0. The average Bonchev–Trinajstić information content (AvgIpc) is 2.68. The van der Waals surface area contributed by atoms with Crippen LogP contribution in [-0.4, -0.2) is 44.1 Å². The molecule has 2 heterocycles. The van der Waals surface area contributed by atoms with Crippen LogP contribution in [0.25, 0.3) is 0 Å². The Hall–Kier alpha value is -3.16. The Bertz CT molecular complexity index is 1020. The number of piperidine rings is 1. The van der Waals surface area contributed by atoms with Gasteiger partial charge in [0.2, 0.25) is 0 Å². The number of carbonyl (C=O) groups is 2. The van der Waals surface area contributed by atoms with E-state index < -0.39 is 17.2 Å². The number of rotatable bonds is 3. The number of nitrogens with zero attached hydrogens (tertiary/aromatic N) is 3. The molecule has 1 N–H and O–H groups in total. The van der Waals surface area contributed by atoms with Crippen LogP contribution in [0.4, 0.5) is 0 Å². The van der Waals surface area contributed by atoms with Gasteiger partial charge in [-0.2, -0.15) is 0 Å². The second kappa shape index (κ2) is 7.22. The molecule has 0 aliphatic carbocycles. The van der Waals surface area contributed by atoms with Crippen molar-refractivity contribution >= 4 is 11.9 Å². The largest absolute Gasteiger partial charge is 0.478 e. The number of amides is 1. The summed E-state index contributed by atoms with van der Waals surface area (Å²) in [6.07, 6.45) is 1.59. The minimum atomic E-state index is -0.990. The first-order valence-corrected chi connectivity index (χ1v) is 8.69. The van der Waals surface area contributed by atoms with E-state index in [1.807, 2.05) is 6.07 Å². The van der Waals surface area contributed by atoms with Crippen molar-refractivity contribution in [3.63, 3.8) is 0 Å². The summed E-state index contributed by atoms with van der Waals surface area (Å²) in [7, 11) is 2.83. The molecular formula is C19H21N3O5. The Kier molecular flexibility index (Phi) is 4.98. The number of aromatic carboxylic acids is 1. The number of aromatic nitrogens is 2. The third-order valence-electron chi connectivity index (χ3n) is 5.06. The molecule has 1 amide bonds. The summed E-state index contributed by atoms with van der Waals surface area (Å²) in [4.78, 5) is 49.7. The van der Waals surface area contributed by atoms with Crippen LogP contribution >= 0.6 is 0 Å². The Labute approximate surface area is 155 Å². The maximum Gasteiger partial charge on any atom is 0.335 e. The number of carboxylic acids is 1. The zero-order valence-corrected chi connectivity index (χ0v) is 15.2. The Morgan fingerprint density at radius 1 is 1.11 bits per heavy atom. The van der Waals surface area contributed by atoms with Gasteiger partial charge < -0.3 is 10.0 Å². The third-order valence-corrected chi connectivity index (χ3v) is 5.06. The molecule has 27 heavy (non-hydrogen) atoms. The fourth-order valence-electron chi connectivity index (χ4n) is 3.46. The minimum absolute atomic E-state index is 0.00516. The standard InChI is InChI=1S/C19H21N3O5/c1-20-15(10-16(23)21(2)19(20)27)17(24)22-8-4-7-14(11-22)12-5-3-6-13(9-12)18(25)26/h3,5-6,9-10,14H,4,7-8,11H2,1-2H3,(H,25,26)/t14-/m1/s1. The topological polar surface area (TPSA) is 102 Å². The lowest BCUT2D eigenvalue weighted by atomic mass is 9.89. The lowest BCUT2D eigenvalue weighted by molar-refractivity contribution is 0.0682. The molecule has 1 aromatic heterocycles. The summed E-state index contributed by atoms with van der Waals surface area (Å²) in [5, 5.41) is 9.17. The number of benzene rings is 1. The summed E-state index contributed by atoms with van der Waals surface area (Å²) in [5.74, 6) is -1.35. The van der Waals surface area contributed by atoms with Gasteiger partial charge in [-0.25, -0.2) is 9.59 Å².